The molecule has 2 N–H and O–H groups in total. The third-order valence-corrected chi connectivity index (χ3v) is 6.36. The van der Waals surface area contributed by atoms with Crippen LogP contribution in [0.25, 0.3) is 0 Å². The first-order valence-electron chi connectivity index (χ1n) is 12.3. The minimum absolute atomic E-state index is 0.0414. The van der Waals surface area contributed by atoms with Crippen molar-refractivity contribution in [3.63, 3.8) is 0 Å². The number of benzene rings is 1. The third-order valence-electron chi connectivity index (χ3n) is 6.36. The van der Waals surface area contributed by atoms with Crippen molar-refractivity contribution in [2.24, 2.45) is 17.3 Å². The lowest BCUT2D eigenvalue weighted by molar-refractivity contribution is -0.138. The fraction of sp³-hybridized carbons (Fsp3) is 0.586. The molecule has 1 aromatic rings. The van der Waals surface area contributed by atoms with E-state index < -0.39 is 11.5 Å². The predicted molar refractivity (Wildman–Crippen MR) is 142 cm³/mol. The van der Waals surface area contributed by atoms with E-state index >= 15 is 0 Å². The molecule has 0 aliphatic carbocycles. The van der Waals surface area contributed by atoms with Crippen LogP contribution in [0.2, 0.25) is 0 Å². The molecule has 1 amide bonds. The van der Waals surface area contributed by atoms with Gasteiger partial charge in [0.15, 0.2) is 0 Å². The number of carbonyl (C=O) groups excluding carboxylic acids is 2. The minimum atomic E-state index is -0.403. The molecule has 0 aromatic heterocycles. The minimum Gasteiger partial charge on any atom is -0.463 e. The second kappa shape index (κ2) is 12.9. The molecule has 0 radical (unpaired) electrons. The molecule has 0 unspecified atom stereocenters. The Morgan fingerprint density at radius 2 is 1.62 bits per heavy atom. The summed E-state index contributed by atoms with van der Waals surface area (Å²) in [7, 11) is 1.83. The van der Waals surface area contributed by atoms with Gasteiger partial charge < -0.3 is 15.4 Å². The van der Waals surface area contributed by atoms with Crippen LogP contribution in [0.3, 0.4) is 0 Å². The SMILES string of the molecule is CCOC(=O)C(C)=C[C@@H](C=C[C@@H](NC(=O)[C@@H](NC)C(C)(C)c1ccccc1)C(C)(C)C)C(C)C. The number of ether oxygens (including phenoxy) is 1. The van der Waals surface area contributed by atoms with Crippen LogP contribution in [0.5, 0.6) is 0 Å². The highest BCUT2D eigenvalue weighted by Gasteiger charge is 2.37. The van der Waals surface area contributed by atoms with Gasteiger partial charge in [-0.1, -0.05) is 97.0 Å². The molecule has 34 heavy (non-hydrogen) atoms. The van der Waals surface area contributed by atoms with Crippen LogP contribution in [0.4, 0.5) is 0 Å². The average Bonchev–Trinajstić information content (AvgIpc) is 2.75. The van der Waals surface area contributed by atoms with E-state index in [-0.39, 0.29) is 29.3 Å². The molecule has 0 aliphatic rings. The van der Waals surface area contributed by atoms with E-state index in [4.69, 9.17) is 4.74 Å². The van der Waals surface area contributed by atoms with E-state index in [1.807, 2.05) is 31.3 Å². The highest BCUT2D eigenvalue weighted by molar-refractivity contribution is 5.87. The maximum atomic E-state index is 13.5. The Kier molecular flexibility index (Phi) is 11.2. The molecule has 190 valence electrons. The van der Waals surface area contributed by atoms with Crippen LogP contribution in [0.1, 0.15) is 67.9 Å². The van der Waals surface area contributed by atoms with E-state index in [9.17, 15) is 9.59 Å². The quantitative estimate of drug-likeness (QED) is 0.257. The van der Waals surface area contributed by atoms with E-state index in [1.54, 1.807) is 13.8 Å². The number of carbonyl (C=O) groups is 2. The number of likely N-dealkylation sites (N-methyl/N-ethyl adjacent to an activating group) is 1. The van der Waals surface area contributed by atoms with Crippen molar-refractivity contribution in [2.75, 3.05) is 13.7 Å². The van der Waals surface area contributed by atoms with Gasteiger partial charge in [0.05, 0.1) is 18.7 Å². The monoisotopic (exact) mass is 470 g/mol. The van der Waals surface area contributed by atoms with Crippen molar-refractivity contribution < 1.29 is 14.3 Å². The van der Waals surface area contributed by atoms with Crippen molar-refractivity contribution >= 4 is 11.9 Å². The molecular weight excluding hydrogens is 424 g/mol. The zero-order valence-corrected chi connectivity index (χ0v) is 22.9. The number of allylic oxidation sites excluding steroid dienone is 2. The number of nitrogens with one attached hydrogen (secondary N) is 2. The number of hydrogen-bond donors (Lipinski definition) is 2. The molecule has 0 saturated heterocycles. The van der Waals surface area contributed by atoms with Gasteiger partial charge in [0, 0.05) is 11.0 Å². The third kappa shape index (κ3) is 8.43. The van der Waals surface area contributed by atoms with E-state index in [0.29, 0.717) is 18.1 Å². The van der Waals surface area contributed by atoms with Gasteiger partial charge in [0.1, 0.15) is 0 Å². The lowest BCUT2D eigenvalue weighted by Crippen LogP contribution is -2.56. The standard InChI is InChI=1S/C29H46N2O3/c1-11-34-27(33)21(4)19-22(20(2)3)17-18-24(28(5,6)7)31-26(32)25(30-10)29(8,9)23-15-13-12-14-16-23/h12-20,22,24-25,30H,11H2,1-10H3,(H,31,32)/t22-,24-,25-/m1/s1. The normalized spacial score (nSPS) is 15.8. The summed E-state index contributed by atoms with van der Waals surface area (Å²) in [6.45, 7) is 18.7. The highest BCUT2D eigenvalue weighted by Crippen LogP contribution is 2.29. The molecule has 5 nitrogen and oxygen atoms in total. The van der Waals surface area contributed by atoms with Crippen LogP contribution >= 0.6 is 0 Å². The topological polar surface area (TPSA) is 67.4 Å². The summed E-state index contributed by atoms with van der Waals surface area (Å²) in [6.07, 6.45) is 6.12. The van der Waals surface area contributed by atoms with Crippen molar-refractivity contribution in [1.82, 2.24) is 10.6 Å². The van der Waals surface area contributed by atoms with Crippen LogP contribution in [-0.2, 0) is 19.7 Å². The zero-order chi connectivity index (χ0) is 26.1. The molecule has 0 saturated carbocycles. The summed E-state index contributed by atoms with van der Waals surface area (Å²) in [4.78, 5) is 25.6. The number of rotatable bonds is 11. The summed E-state index contributed by atoms with van der Waals surface area (Å²) in [5.74, 6) is 0.00790. The Balaban J connectivity index is 3.17. The summed E-state index contributed by atoms with van der Waals surface area (Å²) in [5, 5.41) is 6.51. The molecule has 0 fully saturated rings. The second-order valence-electron chi connectivity index (χ2n) is 10.9. The number of hydrogen-bond acceptors (Lipinski definition) is 4. The fourth-order valence-electron chi connectivity index (χ4n) is 3.96. The molecule has 0 bridgehead atoms. The molecule has 0 spiro atoms. The molecule has 3 atom stereocenters. The summed E-state index contributed by atoms with van der Waals surface area (Å²) < 4.78 is 5.13. The lowest BCUT2D eigenvalue weighted by Gasteiger charge is -2.37. The predicted octanol–water partition coefficient (Wildman–Crippen LogP) is 5.42. The van der Waals surface area contributed by atoms with Gasteiger partial charge in [-0.15, -0.1) is 0 Å². The molecule has 1 aromatic carbocycles. The van der Waals surface area contributed by atoms with Gasteiger partial charge in [-0.25, -0.2) is 4.79 Å². The van der Waals surface area contributed by atoms with Crippen LogP contribution in [0.15, 0.2) is 54.1 Å². The molecule has 1 rings (SSSR count). The van der Waals surface area contributed by atoms with Gasteiger partial charge in [0.25, 0.3) is 0 Å². The zero-order valence-electron chi connectivity index (χ0n) is 22.9. The first-order valence-corrected chi connectivity index (χ1v) is 12.3. The van der Waals surface area contributed by atoms with E-state index in [0.717, 1.165) is 5.56 Å². The molecule has 0 heterocycles. The Hall–Kier alpha value is -2.40. The van der Waals surface area contributed by atoms with Gasteiger partial charge in [-0.05, 0) is 43.7 Å². The van der Waals surface area contributed by atoms with Gasteiger partial charge in [0.2, 0.25) is 5.91 Å². The van der Waals surface area contributed by atoms with Gasteiger partial charge >= 0.3 is 5.97 Å². The Morgan fingerprint density at radius 3 is 2.09 bits per heavy atom. The second-order valence-corrected chi connectivity index (χ2v) is 10.9. The summed E-state index contributed by atoms with van der Waals surface area (Å²) in [5.41, 5.74) is 1.11. The fourth-order valence-corrected chi connectivity index (χ4v) is 3.96. The Labute approximate surface area is 207 Å². The Bertz CT molecular complexity index is 848. The highest BCUT2D eigenvalue weighted by atomic mass is 16.5. The van der Waals surface area contributed by atoms with Crippen molar-refractivity contribution in [1.29, 1.82) is 0 Å². The van der Waals surface area contributed by atoms with Crippen LogP contribution < -0.4 is 10.6 Å². The van der Waals surface area contributed by atoms with Gasteiger partial charge in [-0.3, -0.25) is 4.79 Å². The first-order chi connectivity index (χ1) is 15.7. The van der Waals surface area contributed by atoms with Crippen molar-refractivity contribution in [3.05, 3.63) is 59.7 Å². The van der Waals surface area contributed by atoms with Crippen molar-refractivity contribution in [3.8, 4) is 0 Å². The van der Waals surface area contributed by atoms with E-state index in [1.165, 1.54) is 0 Å². The number of amides is 1. The molecular formula is C29H46N2O3. The van der Waals surface area contributed by atoms with Gasteiger partial charge in [-0.2, -0.15) is 0 Å². The maximum absolute atomic E-state index is 13.5. The lowest BCUT2D eigenvalue weighted by atomic mass is 9.76. The summed E-state index contributed by atoms with van der Waals surface area (Å²) >= 11 is 0. The molecule has 5 heteroatoms. The molecule has 0 aliphatic heterocycles. The average molecular weight is 471 g/mol. The van der Waals surface area contributed by atoms with Crippen LogP contribution in [-0.4, -0.2) is 37.6 Å². The van der Waals surface area contributed by atoms with E-state index in [2.05, 4.69) is 83.4 Å². The maximum Gasteiger partial charge on any atom is 0.333 e. The summed E-state index contributed by atoms with van der Waals surface area (Å²) in [6, 6.07) is 9.52. The Morgan fingerprint density at radius 1 is 1.03 bits per heavy atom. The first kappa shape index (κ1) is 29.6. The number of esters is 1. The largest absolute Gasteiger partial charge is 0.463 e. The smallest absolute Gasteiger partial charge is 0.333 e. The van der Waals surface area contributed by atoms with Crippen molar-refractivity contribution in [2.45, 2.75) is 79.8 Å². The van der Waals surface area contributed by atoms with Crippen LogP contribution in [0, 0.1) is 17.3 Å².